The third-order valence-electron chi connectivity index (χ3n) is 4.95. The number of nitrogens with zero attached hydrogens (tertiary/aromatic N) is 3. The molecule has 6 nitrogen and oxygen atoms in total. The van der Waals surface area contributed by atoms with E-state index in [9.17, 15) is 18.4 Å². The lowest BCUT2D eigenvalue weighted by atomic mass is 10.0. The van der Waals surface area contributed by atoms with Gasteiger partial charge < -0.3 is 5.32 Å². The van der Waals surface area contributed by atoms with Crippen LogP contribution in [0.5, 0.6) is 0 Å². The van der Waals surface area contributed by atoms with Gasteiger partial charge in [0.05, 0.1) is 11.4 Å². The summed E-state index contributed by atoms with van der Waals surface area (Å²) in [6.45, 7) is 1.12. The molecule has 1 atom stereocenters. The van der Waals surface area contributed by atoms with Crippen LogP contribution in [0.2, 0.25) is 5.15 Å². The standard InChI is InChI=1S/C22H16ClF3N4O2/c1-11-9-15-17(20(23)28-11)14-3-2-8-27-19(14)18(24)22(32)30(15)10-16(31)29-13-6-4-12(5-7-13)21(25)26/h2-9,18,21H,10H2,1H3,(H,29,31)/t18-/m0/s1. The van der Waals surface area contributed by atoms with Crippen molar-refractivity contribution in [3.8, 4) is 11.1 Å². The highest BCUT2D eigenvalue weighted by Gasteiger charge is 2.37. The van der Waals surface area contributed by atoms with Crippen molar-refractivity contribution in [3.05, 3.63) is 70.8 Å². The fourth-order valence-corrected chi connectivity index (χ4v) is 3.84. The number of fused-ring (bicyclic) bond motifs is 3. The van der Waals surface area contributed by atoms with Gasteiger partial charge in [-0.15, -0.1) is 0 Å². The molecule has 0 spiro atoms. The van der Waals surface area contributed by atoms with Gasteiger partial charge in [0.2, 0.25) is 12.1 Å². The van der Waals surface area contributed by atoms with Gasteiger partial charge in [0, 0.05) is 34.3 Å². The van der Waals surface area contributed by atoms with E-state index in [1.54, 1.807) is 25.1 Å². The number of hydrogen-bond acceptors (Lipinski definition) is 4. The highest BCUT2D eigenvalue weighted by atomic mass is 35.5. The van der Waals surface area contributed by atoms with Crippen LogP contribution in [-0.4, -0.2) is 28.3 Å². The molecule has 3 heterocycles. The molecule has 3 aromatic rings. The Balaban J connectivity index is 1.69. The average molecular weight is 461 g/mol. The van der Waals surface area contributed by atoms with Crippen LogP contribution in [0.1, 0.15) is 29.5 Å². The molecule has 2 aromatic heterocycles. The lowest BCUT2D eigenvalue weighted by Gasteiger charge is -2.24. The Hall–Kier alpha value is -3.46. The van der Waals surface area contributed by atoms with E-state index in [0.717, 1.165) is 4.90 Å². The maximum absolute atomic E-state index is 15.2. The number of rotatable bonds is 4. The zero-order chi connectivity index (χ0) is 23.0. The van der Waals surface area contributed by atoms with Crippen LogP contribution in [-0.2, 0) is 9.59 Å². The van der Waals surface area contributed by atoms with E-state index in [-0.39, 0.29) is 27.8 Å². The Morgan fingerprint density at radius 3 is 2.66 bits per heavy atom. The number of nitrogens with one attached hydrogen (secondary N) is 1. The molecule has 0 saturated heterocycles. The summed E-state index contributed by atoms with van der Waals surface area (Å²) in [5.74, 6) is -1.63. The molecule has 0 saturated carbocycles. The Kier molecular flexibility index (Phi) is 5.84. The molecule has 1 aromatic carbocycles. The van der Waals surface area contributed by atoms with E-state index >= 15 is 4.39 Å². The number of carbonyl (C=O) groups is 2. The van der Waals surface area contributed by atoms with Gasteiger partial charge >= 0.3 is 0 Å². The Morgan fingerprint density at radius 1 is 1.25 bits per heavy atom. The van der Waals surface area contributed by atoms with Crippen molar-refractivity contribution < 1.29 is 22.8 Å². The van der Waals surface area contributed by atoms with Crippen LogP contribution < -0.4 is 10.2 Å². The molecule has 1 N–H and O–H groups in total. The van der Waals surface area contributed by atoms with Gasteiger partial charge in [-0.3, -0.25) is 19.5 Å². The van der Waals surface area contributed by atoms with Crippen LogP contribution in [0.3, 0.4) is 0 Å². The monoisotopic (exact) mass is 460 g/mol. The van der Waals surface area contributed by atoms with Gasteiger partial charge in [0.25, 0.3) is 12.3 Å². The highest BCUT2D eigenvalue weighted by molar-refractivity contribution is 6.33. The lowest BCUT2D eigenvalue weighted by molar-refractivity contribution is -0.125. The van der Waals surface area contributed by atoms with Crippen LogP contribution in [0.15, 0.2) is 48.7 Å². The topological polar surface area (TPSA) is 75.2 Å². The molecule has 0 aliphatic carbocycles. The normalized spacial score (nSPS) is 15.2. The first-order valence-electron chi connectivity index (χ1n) is 9.52. The first-order valence-corrected chi connectivity index (χ1v) is 9.90. The summed E-state index contributed by atoms with van der Waals surface area (Å²) in [5.41, 5.74) is 1.25. The third kappa shape index (κ3) is 4.03. The van der Waals surface area contributed by atoms with Gasteiger partial charge in [-0.25, -0.2) is 18.2 Å². The summed E-state index contributed by atoms with van der Waals surface area (Å²) in [7, 11) is 0. The largest absolute Gasteiger partial charge is 0.325 e. The number of carbonyl (C=O) groups excluding carboxylic acids is 2. The lowest BCUT2D eigenvalue weighted by Crippen LogP contribution is -2.39. The minimum atomic E-state index is -2.63. The van der Waals surface area contributed by atoms with E-state index in [2.05, 4.69) is 15.3 Å². The highest BCUT2D eigenvalue weighted by Crippen LogP contribution is 2.43. The number of amides is 2. The summed E-state index contributed by atoms with van der Waals surface area (Å²) in [6, 6.07) is 9.71. The fourth-order valence-electron chi connectivity index (χ4n) is 3.50. The maximum atomic E-state index is 15.2. The number of pyridine rings is 2. The first kappa shape index (κ1) is 21.8. The third-order valence-corrected chi connectivity index (χ3v) is 5.23. The molecule has 0 unspecified atom stereocenters. The van der Waals surface area contributed by atoms with Crippen molar-refractivity contribution in [2.75, 3.05) is 16.8 Å². The van der Waals surface area contributed by atoms with E-state index in [1.165, 1.54) is 30.5 Å². The van der Waals surface area contributed by atoms with E-state index < -0.39 is 31.0 Å². The van der Waals surface area contributed by atoms with E-state index in [4.69, 9.17) is 11.6 Å². The fraction of sp³-hybridized carbons (Fsp3) is 0.182. The molecule has 0 radical (unpaired) electrons. The number of aromatic nitrogens is 2. The second kappa shape index (κ2) is 8.58. The van der Waals surface area contributed by atoms with Gasteiger partial charge in [0.1, 0.15) is 11.7 Å². The van der Waals surface area contributed by atoms with E-state index in [0.29, 0.717) is 16.8 Å². The van der Waals surface area contributed by atoms with Crippen molar-refractivity contribution in [1.29, 1.82) is 0 Å². The molecule has 1 aliphatic heterocycles. The molecular weight excluding hydrogens is 445 g/mol. The van der Waals surface area contributed by atoms with Crippen molar-refractivity contribution >= 4 is 34.8 Å². The SMILES string of the molecule is Cc1cc2c(c(Cl)n1)-c1cccnc1[C@H](F)C(=O)N2CC(=O)Nc1ccc(C(F)F)cc1. The minimum absolute atomic E-state index is 0.0455. The predicted molar refractivity (Wildman–Crippen MR) is 113 cm³/mol. The minimum Gasteiger partial charge on any atom is -0.325 e. The summed E-state index contributed by atoms with van der Waals surface area (Å²) < 4.78 is 40.6. The van der Waals surface area contributed by atoms with Crippen LogP contribution in [0.25, 0.3) is 11.1 Å². The van der Waals surface area contributed by atoms with Gasteiger partial charge in [-0.2, -0.15) is 0 Å². The van der Waals surface area contributed by atoms with Gasteiger partial charge in [-0.05, 0) is 31.2 Å². The smallest absolute Gasteiger partial charge is 0.268 e. The predicted octanol–water partition coefficient (Wildman–Crippen LogP) is 5.04. The van der Waals surface area contributed by atoms with Crippen molar-refractivity contribution in [2.45, 2.75) is 19.5 Å². The number of aryl methyl sites for hydroxylation is 1. The van der Waals surface area contributed by atoms with Crippen molar-refractivity contribution in [1.82, 2.24) is 9.97 Å². The first-order chi connectivity index (χ1) is 15.3. The number of alkyl halides is 3. The molecule has 32 heavy (non-hydrogen) atoms. The van der Waals surface area contributed by atoms with Crippen molar-refractivity contribution in [3.63, 3.8) is 0 Å². The zero-order valence-corrected chi connectivity index (χ0v) is 17.4. The molecule has 164 valence electrons. The summed E-state index contributed by atoms with van der Waals surface area (Å²) >= 11 is 6.35. The van der Waals surface area contributed by atoms with Crippen LogP contribution >= 0.6 is 11.6 Å². The van der Waals surface area contributed by atoms with Crippen LogP contribution in [0.4, 0.5) is 24.5 Å². The van der Waals surface area contributed by atoms with E-state index in [1.807, 2.05) is 0 Å². The number of halogens is 4. The second-order valence-corrected chi connectivity index (χ2v) is 7.50. The summed E-state index contributed by atoms with van der Waals surface area (Å²) in [5, 5.41) is 2.57. The Morgan fingerprint density at radius 2 is 1.97 bits per heavy atom. The zero-order valence-electron chi connectivity index (χ0n) is 16.7. The summed E-state index contributed by atoms with van der Waals surface area (Å²) in [6.07, 6.45) is -3.39. The number of anilines is 2. The molecule has 0 bridgehead atoms. The molecule has 2 amide bonds. The Labute approximate surface area is 186 Å². The molecule has 1 aliphatic rings. The molecule has 0 fully saturated rings. The average Bonchev–Trinajstić information content (AvgIpc) is 2.84. The van der Waals surface area contributed by atoms with Gasteiger partial charge in [0.15, 0.2) is 0 Å². The number of benzene rings is 1. The van der Waals surface area contributed by atoms with Crippen molar-refractivity contribution in [2.24, 2.45) is 0 Å². The number of hydrogen-bond donors (Lipinski definition) is 1. The quantitative estimate of drug-likeness (QED) is 0.553. The maximum Gasteiger partial charge on any atom is 0.268 e. The second-order valence-electron chi connectivity index (χ2n) is 7.14. The molecular formula is C22H16ClF3N4O2. The summed E-state index contributed by atoms with van der Waals surface area (Å²) in [4.78, 5) is 34.9. The van der Waals surface area contributed by atoms with Gasteiger partial charge in [-0.1, -0.05) is 29.8 Å². The molecule has 10 heteroatoms. The Bertz CT molecular complexity index is 1200. The van der Waals surface area contributed by atoms with Crippen LogP contribution in [0, 0.1) is 6.92 Å². The molecule has 4 rings (SSSR count).